The lowest BCUT2D eigenvalue weighted by molar-refractivity contribution is -0.196. The molecule has 0 N–H and O–H groups in total. The van der Waals surface area contributed by atoms with Gasteiger partial charge >= 0.3 is 0 Å². The van der Waals surface area contributed by atoms with Crippen LogP contribution in [0.5, 0.6) is 0 Å². The molecular formula is C30H33ClO6. The first-order chi connectivity index (χ1) is 18.2. The highest BCUT2D eigenvalue weighted by atomic mass is 35.5. The molecule has 3 aromatic rings. The summed E-state index contributed by atoms with van der Waals surface area (Å²) in [4.78, 5) is 13.5. The summed E-state index contributed by atoms with van der Waals surface area (Å²) in [5.41, 5.74) is 2.91. The SMILES string of the molecule is COCO[C@@H]1CC(Cl)C(=O)[C@H](OCc2ccccc2)[C@@H](OCc2ccccc2)[C@@H]1OCc1ccccc1. The van der Waals surface area contributed by atoms with Crippen molar-refractivity contribution < 1.29 is 28.5 Å². The van der Waals surface area contributed by atoms with Crippen molar-refractivity contribution in [2.24, 2.45) is 0 Å². The van der Waals surface area contributed by atoms with Crippen LogP contribution in [0.1, 0.15) is 23.1 Å². The van der Waals surface area contributed by atoms with Crippen molar-refractivity contribution in [1.82, 2.24) is 0 Å². The Morgan fingerprint density at radius 1 is 0.676 bits per heavy atom. The number of methoxy groups -OCH3 is 1. The molecule has 5 atom stereocenters. The Hall–Kier alpha value is -2.58. The van der Waals surface area contributed by atoms with Crippen LogP contribution in [0.25, 0.3) is 0 Å². The van der Waals surface area contributed by atoms with Gasteiger partial charge in [-0.15, -0.1) is 11.6 Å². The predicted octanol–water partition coefficient (Wildman–Crippen LogP) is 5.31. The topological polar surface area (TPSA) is 63.2 Å². The number of rotatable bonds is 12. The third kappa shape index (κ3) is 7.95. The van der Waals surface area contributed by atoms with Gasteiger partial charge in [-0.25, -0.2) is 0 Å². The summed E-state index contributed by atoms with van der Waals surface area (Å²) < 4.78 is 30.3. The van der Waals surface area contributed by atoms with Crippen LogP contribution in [0.3, 0.4) is 0 Å². The molecule has 0 bridgehead atoms. The summed E-state index contributed by atoms with van der Waals surface area (Å²) in [5, 5.41) is -0.823. The first kappa shape index (κ1) is 27.5. The smallest absolute Gasteiger partial charge is 0.182 e. The van der Waals surface area contributed by atoms with E-state index in [1.54, 1.807) is 7.11 Å². The average Bonchev–Trinajstić information content (AvgIpc) is 3.04. The number of ketones is 1. The molecule has 1 aliphatic carbocycles. The zero-order chi connectivity index (χ0) is 25.9. The normalized spacial score (nSPS) is 24.1. The van der Waals surface area contributed by atoms with E-state index >= 15 is 0 Å². The zero-order valence-electron chi connectivity index (χ0n) is 20.9. The largest absolute Gasteiger partial charge is 0.368 e. The summed E-state index contributed by atoms with van der Waals surface area (Å²) in [7, 11) is 1.55. The Kier molecular flexibility index (Phi) is 10.7. The lowest BCUT2D eigenvalue weighted by Gasteiger charge is -2.34. The Morgan fingerprint density at radius 2 is 1.14 bits per heavy atom. The van der Waals surface area contributed by atoms with Gasteiger partial charge in [0, 0.05) is 7.11 Å². The molecular weight excluding hydrogens is 492 g/mol. The zero-order valence-corrected chi connectivity index (χ0v) is 21.7. The van der Waals surface area contributed by atoms with E-state index < -0.39 is 29.8 Å². The Morgan fingerprint density at radius 3 is 1.62 bits per heavy atom. The second-order valence-electron chi connectivity index (χ2n) is 8.96. The number of benzene rings is 3. The van der Waals surface area contributed by atoms with Crippen molar-refractivity contribution >= 4 is 17.4 Å². The fraction of sp³-hybridized carbons (Fsp3) is 0.367. The van der Waals surface area contributed by atoms with Crippen molar-refractivity contribution in [2.45, 2.75) is 56.0 Å². The molecule has 1 fully saturated rings. The van der Waals surface area contributed by atoms with Gasteiger partial charge in [0.15, 0.2) is 5.78 Å². The van der Waals surface area contributed by atoms with Crippen molar-refractivity contribution in [2.75, 3.05) is 13.9 Å². The molecule has 0 aromatic heterocycles. The average molecular weight is 525 g/mol. The van der Waals surface area contributed by atoms with E-state index in [4.69, 9.17) is 35.3 Å². The molecule has 3 aromatic carbocycles. The molecule has 0 heterocycles. The van der Waals surface area contributed by atoms with Crippen LogP contribution in [0.15, 0.2) is 91.0 Å². The molecule has 6 nitrogen and oxygen atoms in total. The Bertz CT molecular complexity index is 1070. The van der Waals surface area contributed by atoms with Gasteiger partial charge in [0.05, 0.1) is 31.3 Å². The van der Waals surface area contributed by atoms with E-state index in [-0.39, 0.29) is 32.2 Å². The first-order valence-electron chi connectivity index (χ1n) is 12.4. The monoisotopic (exact) mass is 524 g/mol. The van der Waals surface area contributed by atoms with E-state index in [2.05, 4.69) is 0 Å². The van der Waals surface area contributed by atoms with Gasteiger partial charge in [-0.05, 0) is 23.1 Å². The van der Waals surface area contributed by atoms with E-state index in [1.807, 2.05) is 91.0 Å². The number of ether oxygens (including phenoxy) is 5. The number of hydrogen-bond donors (Lipinski definition) is 0. The summed E-state index contributed by atoms with van der Waals surface area (Å²) in [6.45, 7) is 0.866. The number of halogens is 1. The fourth-order valence-electron chi connectivity index (χ4n) is 4.35. The highest BCUT2D eigenvalue weighted by molar-refractivity contribution is 6.31. The van der Waals surface area contributed by atoms with Crippen LogP contribution >= 0.6 is 11.6 Å². The lowest BCUT2D eigenvalue weighted by Crippen LogP contribution is -2.49. The number of carbonyl (C=O) groups excluding carboxylic acids is 1. The standard InChI is InChI=1S/C30H33ClO6/c1-33-21-37-26-17-25(31)27(32)29(35-19-23-13-7-3-8-14-23)30(36-20-24-15-9-4-10-16-24)28(26)34-18-22-11-5-2-6-12-22/h2-16,25-26,28-30H,17-21H2,1H3/t25?,26-,28-,29+,30+/m1/s1. The van der Waals surface area contributed by atoms with E-state index in [9.17, 15) is 4.79 Å². The lowest BCUT2D eigenvalue weighted by atomic mass is 10.0. The van der Waals surface area contributed by atoms with Gasteiger partial charge in [-0.2, -0.15) is 0 Å². The number of hydrogen-bond acceptors (Lipinski definition) is 6. The molecule has 1 unspecified atom stereocenters. The van der Waals surface area contributed by atoms with Crippen LogP contribution in [0.4, 0.5) is 0 Å². The third-order valence-electron chi connectivity index (χ3n) is 6.26. The minimum absolute atomic E-state index is 0.0363. The molecule has 196 valence electrons. The summed E-state index contributed by atoms with van der Waals surface area (Å²) in [6.07, 6.45) is -2.62. The fourth-order valence-corrected chi connectivity index (χ4v) is 4.65. The van der Waals surface area contributed by atoms with Gasteiger partial charge in [-0.3, -0.25) is 4.79 Å². The van der Waals surface area contributed by atoms with Crippen molar-refractivity contribution in [3.8, 4) is 0 Å². The van der Waals surface area contributed by atoms with Gasteiger partial charge in [-0.1, -0.05) is 91.0 Å². The molecule has 0 amide bonds. The van der Waals surface area contributed by atoms with Gasteiger partial charge in [0.1, 0.15) is 25.1 Å². The molecule has 0 aliphatic heterocycles. The molecule has 1 saturated carbocycles. The van der Waals surface area contributed by atoms with Crippen LogP contribution < -0.4 is 0 Å². The van der Waals surface area contributed by atoms with Gasteiger partial charge in [0.2, 0.25) is 0 Å². The van der Waals surface area contributed by atoms with Crippen LogP contribution in [0.2, 0.25) is 0 Å². The summed E-state index contributed by atoms with van der Waals surface area (Å²) >= 11 is 6.63. The number of alkyl halides is 1. The highest BCUT2D eigenvalue weighted by Gasteiger charge is 2.47. The van der Waals surface area contributed by atoms with E-state index in [0.29, 0.717) is 6.61 Å². The summed E-state index contributed by atoms with van der Waals surface area (Å²) in [6, 6.07) is 29.3. The number of Topliss-reactive ketones (excluding diaryl/α,β-unsaturated/α-hetero) is 1. The minimum Gasteiger partial charge on any atom is -0.368 e. The Labute approximate surface area is 223 Å². The van der Waals surface area contributed by atoms with Crippen LogP contribution in [-0.4, -0.2) is 49.5 Å². The quantitative estimate of drug-likeness (QED) is 0.182. The molecule has 7 heteroatoms. The maximum Gasteiger partial charge on any atom is 0.182 e. The minimum atomic E-state index is -0.941. The molecule has 1 aliphatic rings. The second-order valence-corrected chi connectivity index (χ2v) is 9.48. The third-order valence-corrected chi connectivity index (χ3v) is 6.65. The second kappa shape index (κ2) is 14.4. The van der Waals surface area contributed by atoms with Gasteiger partial charge in [0.25, 0.3) is 0 Å². The molecule has 0 spiro atoms. The molecule has 0 radical (unpaired) electrons. The maximum atomic E-state index is 13.5. The predicted molar refractivity (Wildman–Crippen MR) is 141 cm³/mol. The van der Waals surface area contributed by atoms with Gasteiger partial charge < -0.3 is 23.7 Å². The molecule has 0 saturated heterocycles. The van der Waals surface area contributed by atoms with E-state index in [1.165, 1.54) is 0 Å². The Balaban J connectivity index is 1.63. The van der Waals surface area contributed by atoms with Crippen molar-refractivity contribution in [1.29, 1.82) is 0 Å². The number of carbonyl (C=O) groups is 1. The van der Waals surface area contributed by atoms with Crippen LogP contribution in [-0.2, 0) is 48.3 Å². The molecule has 37 heavy (non-hydrogen) atoms. The van der Waals surface area contributed by atoms with E-state index in [0.717, 1.165) is 16.7 Å². The summed E-state index contributed by atoms with van der Waals surface area (Å²) in [5.74, 6) is -0.243. The van der Waals surface area contributed by atoms with Crippen molar-refractivity contribution in [3.63, 3.8) is 0 Å². The first-order valence-corrected chi connectivity index (χ1v) is 12.8. The van der Waals surface area contributed by atoms with Crippen molar-refractivity contribution in [3.05, 3.63) is 108 Å². The van der Waals surface area contributed by atoms with Crippen LogP contribution in [0, 0.1) is 0 Å². The highest BCUT2D eigenvalue weighted by Crippen LogP contribution is 2.31. The maximum absolute atomic E-state index is 13.5. The molecule has 4 rings (SSSR count).